The molecule has 200 valence electrons. The molecular weight excluding hydrogens is 498 g/mol. The lowest BCUT2D eigenvalue weighted by Crippen LogP contribution is -2.45. The number of hydrogen-bond acceptors (Lipinski definition) is 5. The Morgan fingerprint density at radius 3 is 2.70 bits per heavy atom. The second-order valence-electron chi connectivity index (χ2n) is 9.77. The van der Waals surface area contributed by atoms with E-state index in [2.05, 4.69) is 16.4 Å². The monoisotopic (exact) mass is 532 g/mol. The van der Waals surface area contributed by atoms with Crippen LogP contribution in [-0.2, 0) is 14.8 Å². The summed E-state index contributed by atoms with van der Waals surface area (Å²) < 4.78 is 53.5. The van der Waals surface area contributed by atoms with Crippen molar-refractivity contribution in [1.29, 1.82) is 0 Å². The Bertz CT molecular complexity index is 1340. The molecule has 0 spiro atoms. The van der Waals surface area contributed by atoms with E-state index in [1.807, 2.05) is 6.07 Å². The summed E-state index contributed by atoms with van der Waals surface area (Å²) in [4.78, 5) is 16.7. The Hall–Kier alpha value is -2.69. The number of sulfonamides is 1. The van der Waals surface area contributed by atoms with Gasteiger partial charge in [0.1, 0.15) is 6.04 Å². The van der Waals surface area contributed by atoms with Crippen molar-refractivity contribution in [2.45, 2.75) is 62.3 Å². The van der Waals surface area contributed by atoms with E-state index in [-0.39, 0.29) is 10.8 Å². The Balaban J connectivity index is 1.20. The number of halogens is 2. The number of unbranched alkanes of at least 4 members (excludes halogenated alkanes) is 1. The molecule has 37 heavy (non-hydrogen) atoms. The van der Waals surface area contributed by atoms with Crippen molar-refractivity contribution >= 4 is 27.6 Å². The molecule has 3 N–H and O–H groups in total. The van der Waals surface area contributed by atoms with Crippen LogP contribution in [0, 0.1) is 17.6 Å². The predicted octanol–water partition coefficient (Wildman–Crippen LogP) is 2.19. The fraction of sp³-hybridized carbons (Fsp3) is 0.481. The second-order valence-corrected chi connectivity index (χ2v) is 11.7. The maximum atomic E-state index is 13.5. The summed E-state index contributed by atoms with van der Waals surface area (Å²) >= 11 is 0. The molecule has 4 rings (SSSR count). The van der Waals surface area contributed by atoms with Crippen LogP contribution in [0.25, 0.3) is 11.6 Å². The fourth-order valence-electron chi connectivity index (χ4n) is 5.12. The zero-order valence-corrected chi connectivity index (χ0v) is 21.7. The average Bonchev–Trinajstić information content (AvgIpc) is 3.12. The van der Waals surface area contributed by atoms with E-state index in [1.54, 1.807) is 12.4 Å². The normalized spacial score (nSPS) is 18.0. The van der Waals surface area contributed by atoms with Gasteiger partial charge >= 0.3 is 0 Å². The van der Waals surface area contributed by atoms with Crippen LogP contribution in [0.2, 0.25) is 0 Å². The summed E-state index contributed by atoms with van der Waals surface area (Å²) in [5, 5.41) is 5.00. The molecule has 1 aromatic heterocycles. The molecule has 0 bridgehead atoms. The maximum absolute atomic E-state index is 13.5. The summed E-state index contributed by atoms with van der Waals surface area (Å²) in [7, 11) is -3.84. The van der Waals surface area contributed by atoms with E-state index in [1.165, 1.54) is 4.31 Å². The Morgan fingerprint density at radius 1 is 1.16 bits per heavy atom. The van der Waals surface area contributed by atoms with Gasteiger partial charge in [0, 0.05) is 37.2 Å². The summed E-state index contributed by atoms with van der Waals surface area (Å²) in [5.74, 6) is -2.03. The van der Waals surface area contributed by atoms with Crippen molar-refractivity contribution in [1.82, 2.24) is 14.6 Å². The molecule has 2 heterocycles. The van der Waals surface area contributed by atoms with Gasteiger partial charge in [-0.15, -0.1) is 0 Å². The number of benzene rings is 1. The standard InChI is InChI=1S/C27H34F2N4O3S/c28-24-9-8-21(17-25(24)29)37(35,36)33-15-11-19(12-16-33)5-3-4-13-32-27(34)26(30)22-7-2-1-6-20-10-14-31-18-23(20)22/h6,8-10,14,17-19,26H,1-5,7,11-13,15-16,30H2,(H,32,34). The molecule has 1 atom stereocenters. The Kier molecular flexibility index (Phi) is 9.04. The largest absolute Gasteiger partial charge is 0.354 e. The number of pyridine rings is 1. The van der Waals surface area contributed by atoms with Gasteiger partial charge in [-0.2, -0.15) is 4.31 Å². The third-order valence-electron chi connectivity index (χ3n) is 7.31. The molecule has 1 amide bonds. The molecule has 1 saturated heterocycles. The zero-order valence-electron chi connectivity index (χ0n) is 20.8. The van der Waals surface area contributed by atoms with Crippen LogP contribution in [0.4, 0.5) is 8.78 Å². The van der Waals surface area contributed by atoms with Crippen LogP contribution in [-0.4, -0.2) is 49.3 Å². The highest BCUT2D eigenvalue weighted by molar-refractivity contribution is 7.89. The summed E-state index contributed by atoms with van der Waals surface area (Å²) in [5.41, 5.74) is 7.26. The molecule has 2 aliphatic rings. The van der Waals surface area contributed by atoms with Crippen molar-refractivity contribution in [2.75, 3.05) is 19.6 Å². The van der Waals surface area contributed by atoms with E-state index in [0.717, 1.165) is 72.7 Å². The number of nitrogens with two attached hydrogens (primary N) is 1. The van der Waals surface area contributed by atoms with Gasteiger partial charge in [-0.25, -0.2) is 17.2 Å². The first-order chi connectivity index (χ1) is 17.8. The quantitative estimate of drug-likeness (QED) is 0.482. The zero-order chi connectivity index (χ0) is 26.4. The molecule has 0 radical (unpaired) electrons. The minimum absolute atomic E-state index is 0.178. The smallest absolute Gasteiger partial charge is 0.243 e. The van der Waals surface area contributed by atoms with E-state index in [9.17, 15) is 22.0 Å². The number of nitrogens with one attached hydrogen (secondary N) is 1. The van der Waals surface area contributed by atoms with E-state index in [4.69, 9.17) is 5.73 Å². The minimum atomic E-state index is -3.84. The lowest BCUT2D eigenvalue weighted by molar-refractivity contribution is -0.121. The highest BCUT2D eigenvalue weighted by atomic mass is 32.2. The topological polar surface area (TPSA) is 105 Å². The molecule has 7 nitrogen and oxygen atoms in total. The number of amides is 1. The van der Waals surface area contributed by atoms with Gasteiger partial charge in [0.25, 0.3) is 0 Å². The molecule has 1 aliphatic heterocycles. The van der Waals surface area contributed by atoms with Gasteiger partial charge in [0.2, 0.25) is 15.9 Å². The number of carbonyl (C=O) groups is 1. The third-order valence-corrected chi connectivity index (χ3v) is 9.21. The molecule has 1 aliphatic carbocycles. The molecule has 1 fully saturated rings. The van der Waals surface area contributed by atoms with Gasteiger partial charge in [0.05, 0.1) is 4.90 Å². The number of nitrogens with zero attached hydrogens (tertiary/aromatic N) is 2. The second kappa shape index (κ2) is 12.2. The number of carbonyl (C=O) groups excluding carboxylic acids is 1. The van der Waals surface area contributed by atoms with Gasteiger partial charge in [-0.1, -0.05) is 18.9 Å². The van der Waals surface area contributed by atoms with Crippen molar-refractivity contribution in [3.8, 4) is 0 Å². The number of aromatic nitrogens is 1. The molecule has 10 heteroatoms. The number of hydrogen-bond donors (Lipinski definition) is 2. The molecule has 0 saturated carbocycles. The van der Waals surface area contributed by atoms with E-state index in [0.29, 0.717) is 38.4 Å². The predicted molar refractivity (Wildman–Crippen MR) is 138 cm³/mol. The number of rotatable bonds is 9. The molecule has 1 aromatic carbocycles. The average molecular weight is 533 g/mol. The minimum Gasteiger partial charge on any atom is -0.354 e. The summed E-state index contributed by atoms with van der Waals surface area (Å²) in [6.45, 7) is 1.24. The maximum Gasteiger partial charge on any atom is 0.243 e. The molecule has 1 unspecified atom stereocenters. The number of piperidine rings is 1. The number of fused-ring (bicyclic) bond motifs is 1. The van der Waals surface area contributed by atoms with Crippen LogP contribution in [0.1, 0.15) is 51.4 Å². The Morgan fingerprint density at radius 2 is 1.95 bits per heavy atom. The van der Waals surface area contributed by atoms with Gasteiger partial charge in [-0.3, -0.25) is 9.78 Å². The highest BCUT2D eigenvalue weighted by Crippen LogP contribution is 2.27. The van der Waals surface area contributed by atoms with Crippen LogP contribution in [0.3, 0.4) is 0 Å². The van der Waals surface area contributed by atoms with Crippen molar-refractivity contribution in [2.24, 2.45) is 11.7 Å². The first-order valence-corrected chi connectivity index (χ1v) is 14.3. The summed E-state index contributed by atoms with van der Waals surface area (Å²) in [6, 6.07) is 3.93. The van der Waals surface area contributed by atoms with Crippen molar-refractivity contribution < 1.29 is 22.0 Å². The lowest BCUT2D eigenvalue weighted by Gasteiger charge is -2.31. The van der Waals surface area contributed by atoms with Gasteiger partial charge in [-0.05, 0) is 79.5 Å². The van der Waals surface area contributed by atoms with E-state index < -0.39 is 27.7 Å². The van der Waals surface area contributed by atoms with Crippen molar-refractivity contribution in [3.05, 3.63) is 58.7 Å². The fourth-order valence-corrected chi connectivity index (χ4v) is 6.60. The Labute approximate surface area is 216 Å². The van der Waals surface area contributed by atoms with Gasteiger partial charge < -0.3 is 11.1 Å². The first-order valence-electron chi connectivity index (χ1n) is 12.9. The molecular formula is C27H34F2N4O3S. The van der Waals surface area contributed by atoms with Crippen LogP contribution in [0.15, 0.2) is 41.6 Å². The lowest BCUT2D eigenvalue weighted by atomic mass is 9.92. The van der Waals surface area contributed by atoms with Gasteiger partial charge in [0.15, 0.2) is 11.6 Å². The van der Waals surface area contributed by atoms with Crippen LogP contribution >= 0.6 is 0 Å². The third kappa shape index (κ3) is 6.61. The van der Waals surface area contributed by atoms with E-state index >= 15 is 0 Å². The highest BCUT2D eigenvalue weighted by Gasteiger charge is 2.30. The van der Waals surface area contributed by atoms with Crippen LogP contribution in [0.5, 0.6) is 0 Å². The summed E-state index contributed by atoms with van der Waals surface area (Å²) in [6.07, 6.45) is 12.5. The molecule has 2 aromatic rings. The SMILES string of the molecule is NC(C(=O)NCCCCC1CCN(S(=O)(=O)c2ccc(F)c(F)c2)CC1)C1=c2cnccc2=CCCC1. The van der Waals surface area contributed by atoms with Crippen LogP contribution < -0.4 is 21.5 Å². The van der Waals surface area contributed by atoms with Crippen molar-refractivity contribution in [3.63, 3.8) is 0 Å². The first kappa shape index (κ1) is 27.3.